The van der Waals surface area contributed by atoms with E-state index in [0.717, 1.165) is 12.1 Å². The van der Waals surface area contributed by atoms with Gasteiger partial charge in [0, 0.05) is 22.9 Å². The molecule has 6 nitrogen and oxygen atoms in total. The Morgan fingerprint density at radius 2 is 1.65 bits per heavy atom. The van der Waals surface area contributed by atoms with Crippen molar-refractivity contribution >= 4 is 11.9 Å². The van der Waals surface area contributed by atoms with Crippen LogP contribution in [-0.4, -0.2) is 27.1 Å². The zero-order valence-electron chi connectivity index (χ0n) is 15.6. The highest BCUT2D eigenvalue weighted by molar-refractivity contribution is 5.92. The van der Waals surface area contributed by atoms with Crippen molar-refractivity contribution in [3.8, 4) is 28.7 Å². The van der Waals surface area contributed by atoms with Gasteiger partial charge in [0.25, 0.3) is 5.91 Å². The molecule has 0 saturated carbocycles. The van der Waals surface area contributed by atoms with Crippen LogP contribution >= 0.6 is 0 Å². The molecule has 31 heavy (non-hydrogen) atoms. The van der Waals surface area contributed by atoms with Gasteiger partial charge in [-0.1, -0.05) is 17.9 Å². The van der Waals surface area contributed by atoms with Crippen LogP contribution in [0, 0.1) is 11.8 Å². The number of amides is 1. The summed E-state index contributed by atoms with van der Waals surface area (Å²) in [7, 11) is 0. The Morgan fingerprint density at radius 3 is 2.23 bits per heavy atom. The normalized spacial score (nSPS) is 10.8. The highest BCUT2D eigenvalue weighted by Gasteiger charge is 2.33. The summed E-state index contributed by atoms with van der Waals surface area (Å²) in [5, 5.41) is 18.6. The van der Waals surface area contributed by atoms with E-state index in [9.17, 15) is 33.0 Å². The molecule has 0 bridgehead atoms. The molecular weight excluding hydrogens is 413 g/mol. The van der Waals surface area contributed by atoms with Crippen molar-refractivity contribution in [1.29, 1.82) is 0 Å². The third kappa shape index (κ3) is 4.82. The molecule has 3 rings (SSSR count). The SMILES string of the molecule is NC(=O)c1ccc(-c2cc(C(=O)O)ccc2C#Cc2ccc(O)cc2C(F)(F)F)cn1. The quantitative estimate of drug-likeness (QED) is 0.553. The van der Waals surface area contributed by atoms with Crippen LogP contribution in [0.3, 0.4) is 0 Å². The predicted molar refractivity (Wildman–Crippen MR) is 104 cm³/mol. The molecular formula is C22H13F3N2O4. The standard InChI is InChI=1S/C22H13F3N2O4/c23-22(24,25)18-10-16(28)7-5-13(18)3-1-12-2-4-14(21(30)31)9-17(12)15-6-8-19(20(26)29)27-11-15/h2,4-11,28H,(H2,26,29)(H,30,31). The zero-order valence-corrected chi connectivity index (χ0v) is 15.6. The smallest absolute Gasteiger partial charge is 0.417 e. The Balaban J connectivity index is 2.14. The van der Waals surface area contributed by atoms with E-state index in [1.807, 2.05) is 0 Å². The van der Waals surface area contributed by atoms with Crippen LogP contribution in [0.25, 0.3) is 11.1 Å². The summed E-state index contributed by atoms with van der Waals surface area (Å²) >= 11 is 0. The van der Waals surface area contributed by atoms with Gasteiger partial charge in [-0.3, -0.25) is 9.78 Å². The average Bonchev–Trinajstić information content (AvgIpc) is 2.72. The number of phenols is 1. The van der Waals surface area contributed by atoms with Crippen molar-refractivity contribution in [3.05, 3.63) is 82.7 Å². The molecule has 1 aromatic heterocycles. The Labute approximate surface area is 173 Å². The molecule has 0 fully saturated rings. The number of hydrogen-bond donors (Lipinski definition) is 3. The van der Waals surface area contributed by atoms with E-state index in [-0.39, 0.29) is 22.4 Å². The second-order valence-corrected chi connectivity index (χ2v) is 6.34. The summed E-state index contributed by atoms with van der Waals surface area (Å²) in [5.41, 5.74) is 4.54. The molecule has 0 saturated heterocycles. The van der Waals surface area contributed by atoms with Crippen molar-refractivity contribution in [2.45, 2.75) is 6.18 Å². The van der Waals surface area contributed by atoms with Crippen molar-refractivity contribution in [2.24, 2.45) is 5.73 Å². The highest BCUT2D eigenvalue weighted by atomic mass is 19.4. The lowest BCUT2D eigenvalue weighted by atomic mass is 9.97. The van der Waals surface area contributed by atoms with E-state index in [4.69, 9.17) is 5.73 Å². The van der Waals surface area contributed by atoms with E-state index in [2.05, 4.69) is 16.8 Å². The molecule has 4 N–H and O–H groups in total. The number of primary amides is 1. The first-order valence-electron chi connectivity index (χ1n) is 8.62. The molecule has 0 radical (unpaired) electrons. The number of aromatic nitrogens is 1. The van der Waals surface area contributed by atoms with Gasteiger partial charge in [0.15, 0.2) is 0 Å². The minimum Gasteiger partial charge on any atom is -0.508 e. The number of alkyl halides is 3. The number of carboxylic acid groups (broad SMARTS) is 1. The predicted octanol–water partition coefficient (Wildman–Crippen LogP) is 3.67. The van der Waals surface area contributed by atoms with Crippen LogP contribution in [0.5, 0.6) is 5.75 Å². The van der Waals surface area contributed by atoms with E-state index >= 15 is 0 Å². The number of hydrogen-bond acceptors (Lipinski definition) is 4. The van der Waals surface area contributed by atoms with Crippen molar-refractivity contribution < 1.29 is 33.0 Å². The van der Waals surface area contributed by atoms with Gasteiger partial charge in [-0.2, -0.15) is 13.2 Å². The summed E-state index contributed by atoms with van der Waals surface area (Å²) in [5.74, 6) is 2.54. The number of pyridine rings is 1. The molecule has 1 amide bonds. The number of carboxylic acids is 1. The number of carbonyl (C=O) groups excluding carboxylic acids is 1. The molecule has 0 spiro atoms. The van der Waals surface area contributed by atoms with Gasteiger partial charge < -0.3 is 15.9 Å². The molecule has 9 heteroatoms. The second kappa shape index (κ2) is 8.20. The van der Waals surface area contributed by atoms with Gasteiger partial charge in [0.2, 0.25) is 0 Å². The molecule has 1 heterocycles. The van der Waals surface area contributed by atoms with E-state index in [1.165, 1.54) is 36.5 Å². The lowest BCUT2D eigenvalue weighted by molar-refractivity contribution is -0.137. The average molecular weight is 426 g/mol. The topological polar surface area (TPSA) is 114 Å². The van der Waals surface area contributed by atoms with Gasteiger partial charge in [-0.05, 0) is 48.0 Å². The third-order valence-electron chi connectivity index (χ3n) is 4.23. The van der Waals surface area contributed by atoms with Crippen LogP contribution in [0.2, 0.25) is 0 Å². The fourth-order valence-corrected chi connectivity index (χ4v) is 2.73. The maximum atomic E-state index is 13.3. The molecule has 0 aliphatic rings. The maximum Gasteiger partial charge on any atom is 0.417 e. The summed E-state index contributed by atoms with van der Waals surface area (Å²) in [6, 6.07) is 9.44. The second-order valence-electron chi connectivity index (χ2n) is 6.34. The lowest BCUT2D eigenvalue weighted by Gasteiger charge is -2.10. The zero-order chi connectivity index (χ0) is 22.8. The van der Waals surface area contributed by atoms with E-state index < -0.39 is 29.4 Å². The number of rotatable bonds is 3. The van der Waals surface area contributed by atoms with Crippen molar-refractivity contribution in [3.63, 3.8) is 0 Å². The number of nitrogens with zero attached hydrogens (tertiary/aromatic N) is 1. The first kappa shape index (κ1) is 21.4. The van der Waals surface area contributed by atoms with Crippen LogP contribution in [0.15, 0.2) is 54.7 Å². The van der Waals surface area contributed by atoms with Gasteiger partial charge >= 0.3 is 12.1 Å². The van der Waals surface area contributed by atoms with Gasteiger partial charge in [-0.25, -0.2) is 4.79 Å². The molecule has 0 atom stereocenters. The number of benzene rings is 2. The summed E-state index contributed by atoms with van der Waals surface area (Å²) in [6.07, 6.45) is -3.44. The van der Waals surface area contributed by atoms with Gasteiger partial charge in [-0.15, -0.1) is 0 Å². The van der Waals surface area contributed by atoms with Crippen LogP contribution in [0.4, 0.5) is 13.2 Å². The minimum absolute atomic E-state index is 0.00955. The van der Waals surface area contributed by atoms with E-state index in [0.29, 0.717) is 17.2 Å². The molecule has 156 valence electrons. The number of aromatic carboxylic acids is 1. The van der Waals surface area contributed by atoms with E-state index in [1.54, 1.807) is 0 Å². The van der Waals surface area contributed by atoms with Gasteiger partial charge in [0.05, 0.1) is 11.1 Å². The van der Waals surface area contributed by atoms with Crippen LogP contribution in [0.1, 0.15) is 37.5 Å². The Hall–Kier alpha value is -4.32. The van der Waals surface area contributed by atoms with Gasteiger partial charge in [0.1, 0.15) is 11.4 Å². The minimum atomic E-state index is -4.73. The Morgan fingerprint density at radius 1 is 0.968 bits per heavy atom. The van der Waals surface area contributed by atoms with Crippen LogP contribution in [-0.2, 0) is 6.18 Å². The fourth-order valence-electron chi connectivity index (χ4n) is 2.73. The molecule has 3 aromatic rings. The van der Waals surface area contributed by atoms with Crippen molar-refractivity contribution in [1.82, 2.24) is 4.98 Å². The first-order chi connectivity index (χ1) is 14.6. The van der Waals surface area contributed by atoms with Crippen LogP contribution < -0.4 is 5.73 Å². The number of halogens is 3. The number of carbonyl (C=O) groups is 2. The summed E-state index contributed by atoms with van der Waals surface area (Å²) in [4.78, 5) is 26.4. The lowest BCUT2D eigenvalue weighted by Crippen LogP contribution is -2.12. The van der Waals surface area contributed by atoms with Crippen molar-refractivity contribution in [2.75, 3.05) is 0 Å². The molecule has 0 aliphatic carbocycles. The number of nitrogens with two attached hydrogens (primary N) is 1. The summed E-state index contributed by atoms with van der Waals surface area (Å²) in [6.45, 7) is 0. The Kier molecular flexibility index (Phi) is 5.66. The Bertz CT molecular complexity index is 1240. The first-order valence-corrected chi connectivity index (χ1v) is 8.62. The third-order valence-corrected chi connectivity index (χ3v) is 4.23. The monoisotopic (exact) mass is 426 g/mol. The highest BCUT2D eigenvalue weighted by Crippen LogP contribution is 2.34. The maximum absolute atomic E-state index is 13.3. The molecule has 0 unspecified atom stereocenters. The molecule has 0 aliphatic heterocycles. The summed E-state index contributed by atoms with van der Waals surface area (Å²) < 4.78 is 39.8. The number of aromatic hydroxyl groups is 1. The molecule has 2 aromatic carbocycles. The largest absolute Gasteiger partial charge is 0.508 e. The fraction of sp³-hybridized carbons (Fsp3) is 0.0455. The number of phenolic OH excluding ortho intramolecular Hbond substituents is 1.